The smallest absolute Gasteiger partial charge is 0.354 e. The summed E-state index contributed by atoms with van der Waals surface area (Å²) in [6, 6.07) is 0.862. The number of anilines is 1. The third kappa shape index (κ3) is 4.90. The molecule has 1 aromatic rings. The van der Waals surface area contributed by atoms with Crippen molar-refractivity contribution in [2.75, 3.05) is 44.2 Å². The Morgan fingerprint density at radius 3 is 2.11 bits per heavy atom. The lowest BCUT2D eigenvalue weighted by Crippen LogP contribution is -2.45. The second-order valence-electron chi connectivity index (χ2n) is 7.09. The van der Waals surface area contributed by atoms with E-state index in [0.29, 0.717) is 39.1 Å². The summed E-state index contributed by atoms with van der Waals surface area (Å²) in [6.45, 7) is 2.49. The lowest BCUT2D eigenvalue weighted by molar-refractivity contribution is -0.137. The summed E-state index contributed by atoms with van der Waals surface area (Å²) < 4.78 is 67.4. The molecule has 2 aliphatic rings. The molecule has 6 nitrogen and oxygen atoms in total. The van der Waals surface area contributed by atoms with Crippen LogP contribution in [0.25, 0.3) is 0 Å². The SMILES string of the molecule is O=S(=O)(N1CCCCCC1)N1CCCN(c2ncc(C(F)(F)F)cc2Cl)CC1. The number of nitrogens with zero attached hydrogens (tertiary/aromatic N) is 4. The number of pyridine rings is 1. The average Bonchev–Trinajstić information content (AvgIpc) is 3.04. The van der Waals surface area contributed by atoms with Crippen LogP contribution in [0.3, 0.4) is 0 Å². The zero-order valence-corrected chi connectivity index (χ0v) is 17.0. The van der Waals surface area contributed by atoms with Crippen LogP contribution >= 0.6 is 11.6 Å². The van der Waals surface area contributed by atoms with Crippen molar-refractivity contribution in [3.05, 3.63) is 22.8 Å². The Hall–Kier alpha value is -1.10. The number of aromatic nitrogens is 1. The van der Waals surface area contributed by atoms with E-state index in [0.717, 1.165) is 37.9 Å². The van der Waals surface area contributed by atoms with Crippen molar-refractivity contribution in [2.45, 2.75) is 38.3 Å². The Morgan fingerprint density at radius 2 is 1.50 bits per heavy atom. The Labute approximate surface area is 168 Å². The van der Waals surface area contributed by atoms with E-state index in [1.807, 2.05) is 0 Å². The molecular weight excluding hydrogens is 417 g/mol. The zero-order chi connectivity index (χ0) is 20.4. The van der Waals surface area contributed by atoms with E-state index in [-0.39, 0.29) is 17.4 Å². The molecule has 158 valence electrons. The van der Waals surface area contributed by atoms with Gasteiger partial charge in [0, 0.05) is 45.5 Å². The topological polar surface area (TPSA) is 56.8 Å². The minimum atomic E-state index is -4.51. The molecule has 2 fully saturated rings. The predicted molar refractivity (Wildman–Crippen MR) is 102 cm³/mol. The first-order valence-corrected chi connectivity index (χ1v) is 11.2. The molecule has 0 aromatic carbocycles. The van der Waals surface area contributed by atoms with Crippen LogP contribution in [0.2, 0.25) is 5.02 Å². The van der Waals surface area contributed by atoms with Crippen molar-refractivity contribution >= 4 is 27.6 Å². The molecule has 0 atom stereocenters. The molecule has 28 heavy (non-hydrogen) atoms. The van der Waals surface area contributed by atoms with Crippen LogP contribution in [0, 0.1) is 0 Å². The third-order valence-corrected chi connectivity index (χ3v) is 7.43. The highest BCUT2D eigenvalue weighted by Crippen LogP contribution is 2.33. The summed E-state index contributed by atoms with van der Waals surface area (Å²) in [5, 5.41) is -0.0846. The highest BCUT2D eigenvalue weighted by atomic mass is 35.5. The fourth-order valence-corrected chi connectivity index (χ4v) is 5.59. The molecule has 0 aliphatic carbocycles. The molecule has 0 unspecified atom stereocenters. The molecule has 0 N–H and O–H groups in total. The van der Waals surface area contributed by atoms with Gasteiger partial charge in [-0.15, -0.1) is 0 Å². The fraction of sp³-hybridized carbons (Fsp3) is 0.706. The molecule has 0 amide bonds. The van der Waals surface area contributed by atoms with Crippen molar-refractivity contribution in [1.29, 1.82) is 0 Å². The molecule has 1 aromatic heterocycles. The molecule has 2 aliphatic heterocycles. The molecule has 3 heterocycles. The largest absolute Gasteiger partial charge is 0.417 e. The molecule has 0 radical (unpaired) electrons. The number of alkyl halides is 3. The van der Waals surface area contributed by atoms with Gasteiger partial charge in [-0.05, 0) is 25.3 Å². The predicted octanol–water partition coefficient (Wildman–Crippen LogP) is 3.39. The molecule has 0 bridgehead atoms. The number of halogens is 4. The Morgan fingerprint density at radius 1 is 0.893 bits per heavy atom. The summed E-state index contributed by atoms with van der Waals surface area (Å²) in [5.74, 6) is 0.253. The molecule has 3 rings (SSSR count). The number of hydrogen-bond donors (Lipinski definition) is 0. The van der Waals surface area contributed by atoms with Crippen molar-refractivity contribution in [3.63, 3.8) is 0 Å². The van der Waals surface area contributed by atoms with Gasteiger partial charge in [-0.2, -0.15) is 30.2 Å². The highest BCUT2D eigenvalue weighted by molar-refractivity contribution is 7.86. The van der Waals surface area contributed by atoms with E-state index in [1.165, 1.54) is 4.31 Å². The van der Waals surface area contributed by atoms with Gasteiger partial charge in [-0.25, -0.2) is 4.98 Å². The van der Waals surface area contributed by atoms with Crippen molar-refractivity contribution in [2.24, 2.45) is 0 Å². The second-order valence-corrected chi connectivity index (χ2v) is 9.42. The Balaban J connectivity index is 1.71. The number of hydrogen-bond acceptors (Lipinski definition) is 4. The van der Waals surface area contributed by atoms with E-state index in [2.05, 4.69) is 4.98 Å². The Bertz CT molecular complexity index is 783. The second kappa shape index (κ2) is 8.73. The van der Waals surface area contributed by atoms with Crippen LogP contribution < -0.4 is 4.90 Å². The van der Waals surface area contributed by atoms with Gasteiger partial charge in [-0.1, -0.05) is 24.4 Å². The highest BCUT2D eigenvalue weighted by Gasteiger charge is 2.34. The van der Waals surface area contributed by atoms with E-state index >= 15 is 0 Å². The van der Waals surface area contributed by atoms with Crippen LogP contribution in [0.15, 0.2) is 12.3 Å². The van der Waals surface area contributed by atoms with Crippen LogP contribution in [-0.4, -0.2) is 61.3 Å². The van der Waals surface area contributed by atoms with Gasteiger partial charge in [0.2, 0.25) is 0 Å². The zero-order valence-electron chi connectivity index (χ0n) is 15.5. The first-order valence-electron chi connectivity index (χ1n) is 9.42. The van der Waals surface area contributed by atoms with Crippen LogP contribution in [0.5, 0.6) is 0 Å². The van der Waals surface area contributed by atoms with Gasteiger partial charge in [0.15, 0.2) is 0 Å². The number of rotatable bonds is 3. The van der Waals surface area contributed by atoms with Crippen molar-refractivity contribution < 1.29 is 21.6 Å². The molecule has 0 spiro atoms. The van der Waals surface area contributed by atoms with E-state index in [1.54, 1.807) is 9.21 Å². The first-order chi connectivity index (χ1) is 13.2. The molecule has 0 saturated carbocycles. The lowest BCUT2D eigenvalue weighted by Gasteiger charge is -2.28. The van der Waals surface area contributed by atoms with Gasteiger partial charge in [0.25, 0.3) is 10.2 Å². The monoisotopic (exact) mass is 440 g/mol. The fourth-order valence-electron chi connectivity index (χ4n) is 3.59. The maximum atomic E-state index is 13.0. The van der Waals surface area contributed by atoms with E-state index in [9.17, 15) is 21.6 Å². The van der Waals surface area contributed by atoms with E-state index < -0.39 is 21.9 Å². The normalized spacial score (nSPS) is 21.4. The lowest BCUT2D eigenvalue weighted by atomic mass is 10.2. The minimum absolute atomic E-state index is 0.0846. The van der Waals surface area contributed by atoms with E-state index in [4.69, 9.17) is 11.6 Å². The molecule has 2 saturated heterocycles. The van der Waals surface area contributed by atoms with Gasteiger partial charge >= 0.3 is 6.18 Å². The standard InChI is InChI=1S/C17H24ClF3N4O2S/c18-15-12-14(17(19,20)21)13-22-16(15)23-6-5-9-25(11-10-23)28(26,27)24-7-3-1-2-4-8-24/h12-13H,1-11H2. The maximum Gasteiger partial charge on any atom is 0.417 e. The molecule has 11 heteroatoms. The van der Waals surface area contributed by atoms with Crippen LogP contribution in [-0.2, 0) is 16.4 Å². The third-order valence-electron chi connectivity index (χ3n) is 5.12. The molecular formula is C17H24ClF3N4O2S. The van der Waals surface area contributed by atoms with Gasteiger partial charge in [0.05, 0.1) is 10.6 Å². The first kappa shape index (κ1) is 21.6. The van der Waals surface area contributed by atoms with Crippen molar-refractivity contribution in [1.82, 2.24) is 13.6 Å². The maximum absolute atomic E-state index is 13.0. The van der Waals surface area contributed by atoms with Crippen LogP contribution in [0.1, 0.15) is 37.7 Å². The van der Waals surface area contributed by atoms with Gasteiger partial charge in [-0.3, -0.25) is 0 Å². The summed E-state index contributed by atoms with van der Waals surface area (Å²) >= 11 is 6.04. The minimum Gasteiger partial charge on any atom is -0.354 e. The quantitative estimate of drug-likeness (QED) is 0.723. The van der Waals surface area contributed by atoms with Gasteiger partial charge in [0.1, 0.15) is 5.82 Å². The Kier molecular flexibility index (Phi) is 6.73. The summed E-state index contributed by atoms with van der Waals surface area (Å²) in [6.07, 6.45) is 0.611. The summed E-state index contributed by atoms with van der Waals surface area (Å²) in [7, 11) is -3.54. The van der Waals surface area contributed by atoms with Gasteiger partial charge < -0.3 is 4.90 Å². The van der Waals surface area contributed by atoms with Crippen molar-refractivity contribution in [3.8, 4) is 0 Å². The summed E-state index contributed by atoms with van der Waals surface area (Å²) in [4.78, 5) is 5.65. The van der Waals surface area contributed by atoms with Crippen LogP contribution in [0.4, 0.5) is 19.0 Å². The summed E-state index contributed by atoms with van der Waals surface area (Å²) in [5.41, 5.74) is -0.901. The average molecular weight is 441 g/mol.